The molecule has 0 radical (unpaired) electrons. The van der Waals surface area contributed by atoms with E-state index in [1.165, 1.54) is 25.7 Å². The average molecular weight is 214 g/mol. The molecule has 1 amide bonds. The highest BCUT2D eigenvalue weighted by atomic mass is 16.2. The summed E-state index contributed by atoms with van der Waals surface area (Å²) in [6.45, 7) is 4.28. The molecule has 3 heteroatoms. The maximum atomic E-state index is 11.2. The first-order valence-corrected chi connectivity index (χ1v) is 6.09. The van der Waals surface area contributed by atoms with Crippen LogP contribution in [0, 0.1) is 0 Å². The van der Waals surface area contributed by atoms with Gasteiger partial charge in [-0.2, -0.15) is 0 Å². The van der Waals surface area contributed by atoms with E-state index >= 15 is 0 Å². The summed E-state index contributed by atoms with van der Waals surface area (Å²) in [6.07, 6.45) is 6.81. The van der Waals surface area contributed by atoms with E-state index in [1.54, 1.807) is 19.0 Å². The predicted molar refractivity (Wildman–Crippen MR) is 64.9 cm³/mol. The van der Waals surface area contributed by atoms with Crippen LogP contribution in [0.2, 0.25) is 0 Å². The van der Waals surface area contributed by atoms with Crippen LogP contribution in [0.3, 0.4) is 0 Å². The molecule has 0 atom stereocenters. The monoisotopic (exact) mass is 214 g/mol. The molecule has 0 aliphatic heterocycles. The topological polar surface area (TPSA) is 32.3 Å². The minimum Gasteiger partial charge on any atom is -0.349 e. The lowest BCUT2D eigenvalue weighted by Gasteiger charge is -2.10. The van der Waals surface area contributed by atoms with Crippen molar-refractivity contribution in [2.75, 3.05) is 27.2 Å². The molecule has 0 aromatic heterocycles. The molecule has 0 aliphatic carbocycles. The Morgan fingerprint density at radius 3 is 2.33 bits per heavy atom. The zero-order chi connectivity index (χ0) is 11.5. The summed E-state index contributed by atoms with van der Waals surface area (Å²) in [5, 5.41) is 3.37. The number of rotatable bonds is 9. The van der Waals surface area contributed by atoms with Crippen LogP contribution in [0.5, 0.6) is 0 Å². The lowest BCUT2D eigenvalue weighted by Crippen LogP contribution is -2.23. The second-order valence-electron chi connectivity index (χ2n) is 4.20. The van der Waals surface area contributed by atoms with Crippen molar-refractivity contribution < 1.29 is 4.79 Å². The van der Waals surface area contributed by atoms with Gasteiger partial charge >= 0.3 is 0 Å². The minimum atomic E-state index is 0.225. The molecular weight excluding hydrogens is 188 g/mol. The summed E-state index contributed by atoms with van der Waals surface area (Å²) in [5.74, 6) is 0.225. The third-order valence-electron chi connectivity index (χ3n) is 2.45. The second kappa shape index (κ2) is 9.97. The predicted octanol–water partition coefficient (Wildman–Crippen LogP) is 2.02. The van der Waals surface area contributed by atoms with Crippen LogP contribution in [-0.4, -0.2) is 38.0 Å². The maximum absolute atomic E-state index is 11.2. The number of hydrogen-bond acceptors (Lipinski definition) is 2. The third kappa shape index (κ3) is 9.73. The van der Waals surface area contributed by atoms with Crippen molar-refractivity contribution in [3.05, 3.63) is 0 Å². The van der Waals surface area contributed by atoms with Gasteiger partial charge in [0.25, 0.3) is 0 Å². The van der Waals surface area contributed by atoms with Gasteiger partial charge < -0.3 is 10.2 Å². The van der Waals surface area contributed by atoms with Gasteiger partial charge in [-0.15, -0.1) is 0 Å². The molecule has 0 fully saturated rings. The number of carbonyl (C=O) groups excluding carboxylic acids is 1. The molecular formula is C12H26N2O. The van der Waals surface area contributed by atoms with Crippen LogP contribution in [0.1, 0.15) is 45.4 Å². The van der Waals surface area contributed by atoms with Crippen molar-refractivity contribution in [2.24, 2.45) is 0 Å². The Kier molecular flexibility index (Phi) is 9.59. The summed E-state index contributed by atoms with van der Waals surface area (Å²) in [6, 6.07) is 0. The molecule has 90 valence electrons. The SMILES string of the molecule is CCCCCCNCCCC(=O)N(C)C. The van der Waals surface area contributed by atoms with Gasteiger partial charge in [-0.05, 0) is 25.9 Å². The molecule has 3 nitrogen and oxygen atoms in total. The molecule has 0 aromatic carbocycles. The summed E-state index contributed by atoms with van der Waals surface area (Å²) < 4.78 is 0. The Morgan fingerprint density at radius 2 is 1.73 bits per heavy atom. The highest BCUT2D eigenvalue weighted by molar-refractivity contribution is 5.75. The van der Waals surface area contributed by atoms with Crippen LogP contribution >= 0.6 is 0 Å². The highest BCUT2D eigenvalue weighted by Gasteiger charge is 2.01. The number of carbonyl (C=O) groups is 1. The fourth-order valence-corrected chi connectivity index (χ4v) is 1.39. The van der Waals surface area contributed by atoms with Gasteiger partial charge in [0.15, 0.2) is 0 Å². The lowest BCUT2D eigenvalue weighted by atomic mass is 10.2. The maximum Gasteiger partial charge on any atom is 0.222 e. The number of amides is 1. The summed E-state index contributed by atoms with van der Waals surface area (Å²) in [4.78, 5) is 12.9. The Balaban J connectivity index is 3.08. The minimum absolute atomic E-state index is 0.225. The molecule has 0 aliphatic rings. The van der Waals surface area contributed by atoms with E-state index in [2.05, 4.69) is 12.2 Å². The molecule has 0 heterocycles. The molecule has 0 saturated heterocycles. The van der Waals surface area contributed by atoms with Gasteiger partial charge in [-0.1, -0.05) is 26.2 Å². The summed E-state index contributed by atoms with van der Waals surface area (Å²) in [5.41, 5.74) is 0. The quantitative estimate of drug-likeness (QED) is 0.596. The fourth-order valence-electron chi connectivity index (χ4n) is 1.39. The van der Waals surface area contributed by atoms with E-state index in [0.717, 1.165) is 19.5 Å². The normalized spacial score (nSPS) is 10.3. The van der Waals surface area contributed by atoms with E-state index in [1.807, 2.05) is 0 Å². The summed E-state index contributed by atoms with van der Waals surface area (Å²) in [7, 11) is 3.61. The molecule has 0 unspecified atom stereocenters. The number of unbranched alkanes of at least 4 members (excludes halogenated alkanes) is 3. The first kappa shape index (κ1) is 14.4. The largest absolute Gasteiger partial charge is 0.349 e. The van der Waals surface area contributed by atoms with Gasteiger partial charge in [0.1, 0.15) is 0 Å². The fraction of sp³-hybridized carbons (Fsp3) is 0.917. The Labute approximate surface area is 94.2 Å². The van der Waals surface area contributed by atoms with Gasteiger partial charge in [-0.3, -0.25) is 4.79 Å². The summed E-state index contributed by atoms with van der Waals surface area (Å²) >= 11 is 0. The van der Waals surface area contributed by atoms with Crippen LogP contribution in [0.15, 0.2) is 0 Å². The van der Waals surface area contributed by atoms with Crippen molar-refractivity contribution in [3.63, 3.8) is 0 Å². The standard InChI is InChI=1S/C12H26N2O/c1-4-5-6-7-10-13-11-8-9-12(15)14(2)3/h13H,4-11H2,1-3H3. The molecule has 0 saturated carbocycles. The van der Waals surface area contributed by atoms with Crippen LogP contribution < -0.4 is 5.32 Å². The number of nitrogens with one attached hydrogen (secondary N) is 1. The molecule has 15 heavy (non-hydrogen) atoms. The first-order valence-electron chi connectivity index (χ1n) is 6.09. The van der Waals surface area contributed by atoms with Gasteiger partial charge in [-0.25, -0.2) is 0 Å². The zero-order valence-corrected chi connectivity index (χ0v) is 10.5. The van der Waals surface area contributed by atoms with E-state index in [4.69, 9.17) is 0 Å². The molecule has 0 bridgehead atoms. The van der Waals surface area contributed by atoms with Crippen LogP contribution in [-0.2, 0) is 4.79 Å². The molecule has 0 spiro atoms. The first-order chi connectivity index (χ1) is 7.18. The molecule has 0 rings (SSSR count). The molecule has 0 aromatic rings. The van der Waals surface area contributed by atoms with E-state index in [0.29, 0.717) is 6.42 Å². The average Bonchev–Trinajstić information content (AvgIpc) is 2.21. The molecule has 1 N–H and O–H groups in total. The Hall–Kier alpha value is -0.570. The third-order valence-corrected chi connectivity index (χ3v) is 2.45. The zero-order valence-electron chi connectivity index (χ0n) is 10.5. The Bertz CT molecular complexity index is 158. The smallest absolute Gasteiger partial charge is 0.222 e. The van der Waals surface area contributed by atoms with Crippen molar-refractivity contribution in [1.29, 1.82) is 0 Å². The second-order valence-corrected chi connectivity index (χ2v) is 4.20. The Morgan fingerprint density at radius 1 is 1.07 bits per heavy atom. The van der Waals surface area contributed by atoms with Gasteiger partial charge in [0, 0.05) is 20.5 Å². The number of nitrogens with zero attached hydrogens (tertiary/aromatic N) is 1. The van der Waals surface area contributed by atoms with Crippen molar-refractivity contribution in [2.45, 2.75) is 45.4 Å². The van der Waals surface area contributed by atoms with Crippen molar-refractivity contribution in [1.82, 2.24) is 10.2 Å². The van der Waals surface area contributed by atoms with E-state index < -0.39 is 0 Å². The van der Waals surface area contributed by atoms with Crippen LogP contribution in [0.25, 0.3) is 0 Å². The number of hydrogen-bond donors (Lipinski definition) is 1. The van der Waals surface area contributed by atoms with E-state index in [-0.39, 0.29) is 5.91 Å². The van der Waals surface area contributed by atoms with E-state index in [9.17, 15) is 4.79 Å². The van der Waals surface area contributed by atoms with Gasteiger partial charge in [0.2, 0.25) is 5.91 Å². The van der Waals surface area contributed by atoms with Gasteiger partial charge in [0.05, 0.1) is 0 Å². The van der Waals surface area contributed by atoms with Crippen LogP contribution in [0.4, 0.5) is 0 Å². The lowest BCUT2D eigenvalue weighted by molar-refractivity contribution is -0.128. The highest BCUT2D eigenvalue weighted by Crippen LogP contribution is 1.97. The van der Waals surface area contributed by atoms with Crippen molar-refractivity contribution in [3.8, 4) is 0 Å². The van der Waals surface area contributed by atoms with Crippen molar-refractivity contribution >= 4 is 5.91 Å².